The molecule has 0 amide bonds. The SMILES string of the molecule is OC(c1cc(Cl)ccc1Cl)c1ccc(Cl)c2ccccc12. The van der Waals surface area contributed by atoms with Crippen molar-refractivity contribution in [2.45, 2.75) is 6.10 Å². The molecule has 0 saturated carbocycles. The highest BCUT2D eigenvalue weighted by atomic mass is 35.5. The fraction of sp³-hybridized carbons (Fsp3) is 0.0588. The molecule has 0 radical (unpaired) electrons. The van der Waals surface area contributed by atoms with Gasteiger partial charge in [-0.15, -0.1) is 0 Å². The van der Waals surface area contributed by atoms with Crippen LogP contribution in [-0.2, 0) is 0 Å². The molecule has 1 N–H and O–H groups in total. The Morgan fingerprint density at radius 3 is 2.14 bits per heavy atom. The molecular formula is C17H11Cl3O. The van der Waals surface area contributed by atoms with Crippen molar-refractivity contribution < 1.29 is 5.11 Å². The maximum absolute atomic E-state index is 10.7. The average Bonchev–Trinajstić information content (AvgIpc) is 2.50. The van der Waals surface area contributed by atoms with Gasteiger partial charge in [-0.05, 0) is 35.2 Å². The lowest BCUT2D eigenvalue weighted by atomic mass is 9.96. The second kappa shape index (κ2) is 5.86. The van der Waals surface area contributed by atoms with Crippen LogP contribution >= 0.6 is 34.8 Å². The summed E-state index contributed by atoms with van der Waals surface area (Å²) in [6.45, 7) is 0. The molecule has 0 heterocycles. The highest BCUT2D eigenvalue weighted by molar-refractivity contribution is 6.35. The molecule has 0 saturated heterocycles. The van der Waals surface area contributed by atoms with Crippen LogP contribution in [0.5, 0.6) is 0 Å². The number of aliphatic hydroxyl groups excluding tert-OH is 1. The Balaban J connectivity index is 2.20. The Hall–Kier alpha value is -1.25. The third-order valence-electron chi connectivity index (χ3n) is 3.45. The van der Waals surface area contributed by atoms with E-state index in [4.69, 9.17) is 34.8 Å². The van der Waals surface area contributed by atoms with Crippen LogP contribution in [0.25, 0.3) is 10.8 Å². The minimum absolute atomic E-state index is 0.478. The lowest BCUT2D eigenvalue weighted by Gasteiger charge is -2.16. The Morgan fingerprint density at radius 2 is 1.38 bits per heavy atom. The van der Waals surface area contributed by atoms with Crippen LogP contribution < -0.4 is 0 Å². The van der Waals surface area contributed by atoms with E-state index in [1.807, 2.05) is 30.3 Å². The predicted octanol–water partition coefficient (Wildman–Crippen LogP) is 5.88. The largest absolute Gasteiger partial charge is 0.384 e. The first-order chi connectivity index (χ1) is 10.1. The quantitative estimate of drug-likeness (QED) is 0.619. The molecule has 4 heteroatoms. The molecule has 0 aliphatic heterocycles. The molecule has 1 atom stereocenters. The van der Waals surface area contributed by atoms with Crippen molar-refractivity contribution in [3.63, 3.8) is 0 Å². The first-order valence-corrected chi connectivity index (χ1v) is 7.51. The van der Waals surface area contributed by atoms with Gasteiger partial charge in [-0.1, -0.05) is 65.1 Å². The lowest BCUT2D eigenvalue weighted by Crippen LogP contribution is -2.01. The summed E-state index contributed by atoms with van der Waals surface area (Å²) in [4.78, 5) is 0. The summed E-state index contributed by atoms with van der Waals surface area (Å²) in [6, 6.07) is 16.3. The van der Waals surface area contributed by atoms with Gasteiger partial charge in [0, 0.05) is 26.0 Å². The standard InChI is InChI=1S/C17H11Cl3O/c18-10-5-7-16(20)14(9-10)17(21)13-6-8-15(19)12-4-2-1-3-11(12)13/h1-9,17,21H. The number of rotatable bonds is 2. The summed E-state index contributed by atoms with van der Waals surface area (Å²) < 4.78 is 0. The third kappa shape index (κ3) is 2.75. The van der Waals surface area contributed by atoms with Crippen LogP contribution in [0.4, 0.5) is 0 Å². The van der Waals surface area contributed by atoms with Crippen LogP contribution in [-0.4, -0.2) is 5.11 Å². The van der Waals surface area contributed by atoms with Gasteiger partial charge in [0.1, 0.15) is 6.10 Å². The van der Waals surface area contributed by atoms with Gasteiger partial charge in [-0.3, -0.25) is 0 Å². The van der Waals surface area contributed by atoms with Crippen molar-refractivity contribution in [2.75, 3.05) is 0 Å². The zero-order valence-electron chi connectivity index (χ0n) is 10.9. The van der Waals surface area contributed by atoms with Gasteiger partial charge in [-0.25, -0.2) is 0 Å². The van der Waals surface area contributed by atoms with Crippen molar-refractivity contribution in [1.29, 1.82) is 0 Å². The number of halogens is 3. The Morgan fingerprint density at radius 1 is 0.714 bits per heavy atom. The first-order valence-electron chi connectivity index (χ1n) is 6.38. The summed E-state index contributed by atoms with van der Waals surface area (Å²) in [5.41, 5.74) is 1.33. The maximum atomic E-state index is 10.7. The molecule has 0 aliphatic rings. The number of fused-ring (bicyclic) bond motifs is 1. The Bertz CT molecular complexity index is 814. The molecular weight excluding hydrogens is 327 g/mol. The number of aliphatic hydroxyl groups is 1. The van der Waals surface area contributed by atoms with Gasteiger partial charge in [0.15, 0.2) is 0 Å². The van der Waals surface area contributed by atoms with Crippen LogP contribution in [0.15, 0.2) is 54.6 Å². The van der Waals surface area contributed by atoms with Crippen molar-refractivity contribution in [1.82, 2.24) is 0 Å². The van der Waals surface area contributed by atoms with Gasteiger partial charge in [0.2, 0.25) is 0 Å². The maximum Gasteiger partial charge on any atom is 0.106 e. The van der Waals surface area contributed by atoms with E-state index in [0.717, 1.165) is 16.3 Å². The van der Waals surface area contributed by atoms with Crippen LogP contribution in [0.2, 0.25) is 15.1 Å². The fourth-order valence-electron chi connectivity index (χ4n) is 2.42. The summed E-state index contributed by atoms with van der Waals surface area (Å²) in [7, 11) is 0. The second-order valence-electron chi connectivity index (χ2n) is 4.75. The van der Waals surface area contributed by atoms with Crippen LogP contribution in [0, 0.1) is 0 Å². The topological polar surface area (TPSA) is 20.2 Å². The Labute approximate surface area is 137 Å². The van der Waals surface area contributed by atoms with E-state index < -0.39 is 6.10 Å². The summed E-state index contributed by atoms with van der Waals surface area (Å²) in [5.74, 6) is 0. The van der Waals surface area contributed by atoms with Crippen molar-refractivity contribution in [3.8, 4) is 0 Å². The van der Waals surface area contributed by atoms with E-state index in [0.29, 0.717) is 20.6 Å². The van der Waals surface area contributed by atoms with E-state index in [-0.39, 0.29) is 0 Å². The number of benzene rings is 3. The smallest absolute Gasteiger partial charge is 0.106 e. The fourth-order valence-corrected chi connectivity index (χ4v) is 3.04. The van der Waals surface area contributed by atoms with Gasteiger partial charge in [-0.2, -0.15) is 0 Å². The summed E-state index contributed by atoms with van der Waals surface area (Å²) in [6.07, 6.45) is -0.863. The molecule has 0 bridgehead atoms. The second-order valence-corrected chi connectivity index (χ2v) is 6.00. The molecule has 3 aromatic carbocycles. The third-order valence-corrected chi connectivity index (χ3v) is 4.36. The highest BCUT2D eigenvalue weighted by Gasteiger charge is 2.17. The van der Waals surface area contributed by atoms with Crippen LogP contribution in [0.1, 0.15) is 17.2 Å². The zero-order chi connectivity index (χ0) is 15.0. The van der Waals surface area contributed by atoms with E-state index in [9.17, 15) is 5.11 Å². The number of hydrogen-bond donors (Lipinski definition) is 1. The van der Waals surface area contributed by atoms with E-state index in [2.05, 4.69) is 0 Å². The predicted molar refractivity (Wildman–Crippen MR) is 89.5 cm³/mol. The van der Waals surface area contributed by atoms with Crippen molar-refractivity contribution >= 4 is 45.6 Å². The van der Waals surface area contributed by atoms with Crippen molar-refractivity contribution in [3.05, 3.63) is 80.8 Å². The minimum Gasteiger partial charge on any atom is -0.384 e. The zero-order valence-corrected chi connectivity index (χ0v) is 13.1. The van der Waals surface area contributed by atoms with E-state index in [1.165, 1.54) is 0 Å². The highest BCUT2D eigenvalue weighted by Crippen LogP contribution is 2.36. The molecule has 106 valence electrons. The molecule has 0 fully saturated rings. The van der Waals surface area contributed by atoms with Gasteiger partial charge in [0.05, 0.1) is 0 Å². The van der Waals surface area contributed by atoms with E-state index in [1.54, 1.807) is 24.3 Å². The minimum atomic E-state index is -0.863. The molecule has 3 rings (SSSR count). The average molecular weight is 338 g/mol. The molecule has 0 aromatic heterocycles. The van der Waals surface area contributed by atoms with Gasteiger partial charge < -0.3 is 5.11 Å². The van der Waals surface area contributed by atoms with Crippen LogP contribution in [0.3, 0.4) is 0 Å². The molecule has 0 spiro atoms. The first kappa shape index (κ1) is 14.7. The Kier molecular flexibility index (Phi) is 4.10. The van der Waals surface area contributed by atoms with Crippen molar-refractivity contribution in [2.24, 2.45) is 0 Å². The summed E-state index contributed by atoms with van der Waals surface area (Å²) >= 11 is 18.4. The molecule has 3 aromatic rings. The van der Waals surface area contributed by atoms with Gasteiger partial charge >= 0.3 is 0 Å². The van der Waals surface area contributed by atoms with Gasteiger partial charge in [0.25, 0.3) is 0 Å². The number of hydrogen-bond acceptors (Lipinski definition) is 1. The normalized spacial score (nSPS) is 12.6. The summed E-state index contributed by atoms with van der Waals surface area (Å²) in [5, 5.41) is 14.2. The molecule has 1 unspecified atom stereocenters. The lowest BCUT2D eigenvalue weighted by molar-refractivity contribution is 0.222. The molecule has 21 heavy (non-hydrogen) atoms. The molecule has 1 nitrogen and oxygen atoms in total. The van der Waals surface area contributed by atoms with E-state index >= 15 is 0 Å². The monoisotopic (exact) mass is 336 g/mol. The molecule has 0 aliphatic carbocycles.